The first-order chi connectivity index (χ1) is 21.8. The number of aryl methyl sites for hydroxylation is 1. The number of fused-ring (bicyclic) bond motifs is 1. The van der Waals surface area contributed by atoms with E-state index in [-0.39, 0.29) is 34.2 Å². The molecular formula is C31H36ClF5N4O6. The third-order valence-corrected chi connectivity index (χ3v) is 7.92. The number of imidazole rings is 1. The summed E-state index contributed by atoms with van der Waals surface area (Å²) in [7, 11) is 0. The normalized spacial score (nSPS) is 14.6. The van der Waals surface area contributed by atoms with Crippen LogP contribution in [0.15, 0.2) is 30.5 Å². The molecule has 1 aliphatic rings. The number of carboxylic acid groups (broad SMARTS) is 2. The van der Waals surface area contributed by atoms with Gasteiger partial charge >= 0.3 is 18.2 Å². The van der Waals surface area contributed by atoms with Gasteiger partial charge in [-0.1, -0.05) is 36.9 Å². The van der Waals surface area contributed by atoms with Crippen LogP contribution in [0.4, 0.5) is 26.7 Å². The van der Waals surface area contributed by atoms with Crippen molar-refractivity contribution in [1.29, 1.82) is 0 Å². The smallest absolute Gasteiger partial charge is 0.485 e. The molecule has 3 aromatic rings. The Morgan fingerprint density at radius 3 is 2.17 bits per heavy atom. The first-order valence-corrected chi connectivity index (χ1v) is 15.0. The minimum atomic E-state index is -5.08. The van der Waals surface area contributed by atoms with E-state index in [0.717, 1.165) is 44.2 Å². The number of rotatable bonds is 8. The van der Waals surface area contributed by atoms with Crippen molar-refractivity contribution in [2.24, 2.45) is 0 Å². The number of benzene rings is 1. The van der Waals surface area contributed by atoms with Crippen LogP contribution in [0.1, 0.15) is 81.0 Å². The predicted molar refractivity (Wildman–Crippen MR) is 162 cm³/mol. The summed E-state index contributed by atoms with van der Waals surface area (Å²) < 4.78 is 67.1. The number of ether oxygens (including phenoxy) is 1. The van der Waals surface area contributed by atoms with Crippen molar-refractivity contribution < 1.29 is 51.3 Å². The summed E-state index contributed by atoms with van der Waals surface area (Å²) in [6.07, 6.45) is 0.339. The maximum atomic E-state index is 14.1. The lowest BCUT2D eigenvalue weighted by Crippen LogP contribution is -2.61. The molecule has 1 aliphatic carbocycles. The molecule has 2 heterocycles. The molecule has 2 aromatic heterocycles. The van der Waals surface area contributed by atoms with Crippen LogP contribution < -0.4 is 10.1 Å². The summed E-state index contributed by atoms with van der Waals surface area (Å²) in [4.78, 5) is 40.7. The zero-order valence-electron chi connectivity index (χ0n) is 26.2. The fourth-order valence-corrected chi connectivity index (χ4v) is 6.08. The number of nitrogens with zero attached hydrogens (tertiary/aromatic N) is 3. The van der Waals surface area contributed by atoms with E-state index in [0.29, 0.717) is 12.1 Å². The van der Waals surface area contributed by atoms with Gasteiger partial charge in [0.05, 0.1) is 16.3 Å². The number of nitrogens with one attached hydrogen (secondary N) is 1. The van der Waals surface area contributed by atoms with Gasteiger partial charge in [0, 0.05) is 29.9 Å². The molecular weight excluding hydrogens is 655 g/mol. The molecule has 1 aromatic carbocycles. The van der Waals surface area contributed by atoms with Crippen molar-refractivity contribution >= 4 is 35.2 Å². The molecule has 0 aliphatic heterocycles. The van der Waals surface area contributed by atoms with Crippen LogP contribution in [0.5, 0.6) is 5.75 Å². The highest BCUT2D eigenvalue weighted by Crippen LogP contribution is 2.40. The van der Waals surface area contributed by atoms with Gasteiger partial charge in [-0.05, 0) is 59.1 Å². The molecule has 0 spiro atoms. The summed E-state index contributed by atoms with van der Waals surface area (Å²) in [5.41, 5.74) is -0.471. The van der Waals surface area contributed by atoms with Crippen LogP contribution in [-0.2, 0) is 11.4 Å². The highest BCUT2D eigenvalue weighted by atomic mass is 35.5. The Morgan fingerprint density at radius 1 is 1.09 bits per heavy atom. The van der Waals surface area contributed by atoms with Gasteiger partial charge < -0.3 is 20.3 Å². The van der Waals surface area contributed by atoms with Crippen molar-refractivity contribution in [3.05, 3.63) is 64.1 Å². The zero-order chi connectivity index (χ0) is 35.3. The third-order valence-electron chi connectivity index (χ3n) is 7.72. The summed E-state index contributed by atoms with van der Waals surface area (Å²) in [6.45, 7) is 7.22. The largest absolute Gasteiger partial charge is 0.490 e. The van der Waals surface area contributed by atoms with Crippen molar-refractivity contribution in [3.63, 3.8) is 0 Å². The van der Waals surface area contributed by atoms with Crippen LogP contribution in [0, 0.1) is 18.6 Å². The van der Waals surface area contributed by atoms with Gasteiger partial charge in [0.2, 0.25) is 0 Å². The van der Waals surface area contributed by atoms with E-state index in [1.54, 1.807) is 11.8 Å². The molecule has 3 N–H and O–H groups in total. The lowest BCUT2D eigenvalue weighted by Gasteiger charge is -2.51. The van der Waals surface area contributed by atoms with E-state index >= 15 is 0 Å². The summed E-state index contributed by atoms with van der Waals surface area (Å²) in [6, 6.07) is 5.04. The van der Waals surface area contributed by atoms with Gasteiger partial charge in [0.1, 0.15) is 23.9 Å². The molecule has 0 bridgehead atoms. The monoisotopic (exact) mass is 690 g/mol. The van der Waals surface area contributed by atoms with Crippen LogP contribution >= 0.6 is 11.6 Å². The molecule has 10 nitrogen and oxygen atoms in total. The van der Waals surface area contributed by atoms with Crippen molar-refractivity contribution in [2.45, 2.75) is 90.1 Å². The molecule has 16 heteroatoms. The first kappa shape index (κ1) is 37.3. The number of carbonyl (C=O) groups is 3. The summed E-state index contributed by atoms with van der Waals surface area (Å²) >= 11 is 6.32. The SMILES string of the molecule is Cc1nc2c(OCc3c(F)cccc3F)cc(Cl)cn2c1C(=O)NCCC1(N(C(=O)O)C(C)(C)C)CCCCC1.O=C(O)C(F)(F)F. The Bertz CT molecular complexity index is 1600. The number of aliphatic carboxylic acids is 1. The van der Waals surface area contributed by atoms with Crippen LogP contribution in [0.3, 0.4) is 0 Å². The second-order valence-corrected chi connectivity index (χ2v) is 12.6. The maximum absolute atomic E-state index is 14.1. The van der Waals surface area contributed by atoms with Gasteiger partial charge in [-0.3, -0.25) is 14.1 Å². The quantitative estimate of drug-likeness (QED) is 0.210. The molecule has 1 fully saturated rings. The molecule has 0 radical (unpaired) electrons. The standard InChI is InChI=1S/C29H35ClF2N4O4.C2HF3O2/c1-18-24(26(37)33-14-13-29(11-6-5-7-12-29)36(27(38)39)28(2,3)4)35-16-19(30)15-23(25(35)34-18)40-17-20-21(31)9-8-10-22(20)32;3-2(4,5)1(6)7/h8-10,15-16H,5-7,11-14,17H2,1-4H3,(H,33,37)(H,38,39);(H,6,7). The number of alkyl halides is 3. The van der Waals surface area contributed by atoms with E-state index in [1.807, 2.05) is 20.8 Å². The van der Waals surface area contributed by atoms with Gasteiger partial charge in [-0.25, -0.2) is 23.4 Å². The molecule has 1 saturated carbocycles. The topological polar surface area (TPSA) is 133 Å². The number of aromatic nitrogens is 2. The fourth-order valence-electron chi connectivity index (χ4n) is 5.88. The Hall–Kier alpha value is -4.14. The number of carbonyl (C=O) groups excluding carboxylic acids is 1. The first-order valence-electron chi connectivity index (χ1n) is 14.6. The van der Waals surface area contributed by atoms with E-state index in [4.69, 9.17) is 26.2 Å². The molecule has 0 atom stereocenters. The zero-order valence-corrected chi connectivity index (χ0v) is 26.9. The molecule has 0 unspecified atom stereocenters. The van der Waals surface area contributed by atoms with Crippen LogP contribution in [0.25, 0.3) is 5.65 Å². The number of pyridine rings is 1. The predicted octanol–water partition coefficient (Wildman–Crippen LogP) is 7.39. The van der Waals surface area contributed by atoms with E-state index in [1.165, 1.54) is 22.7 Å². The highest BCUT2D eigenvalue weighted by Gasteiger charge is 2.45. The molecule has 0 saturated heterocycles. The minimum absolute atomic E-state index is 0.167. The van der Waals surface area contributed by atoms with E-state index in [9.17, 15) is 36.6 Å². The number of hydrogen-bond acceptors (Lipinski definition) is 5. The van der Waals surface area contributed by atoms with E-state index < -0.39 is 53.5 Å². The molecule has 2 amide bonds. The van der Waals surface area contributed by atoms with Crippen molar-refractivity contribution in [2.75, 3.05) is 6.54 Å². The number of halogens is 6. The Balaban J connectivity index is 0.000000771. The summed E-state index contributed by atoms with van der Waals surface area (Å²) in [5.74, 6) is -4.46. The minimum Gasteiger partial charge on any atom is -0.485 e. The number of hydrogen-bond donors (Lipinski definition) is 3. The second-order valence-electron chi connectivity index (χ2n) is 12.1. The van der Waals surface area contributed by atoms with Crippen LogP contribution in [-0.4, -0.2) is 66.3 Å². The number of carboxylic acids is 1. The highest BCUT2D eigenvalue weighted by molar-refractivity contribution is 6.30. The van der Waals surface area contributed by atoms with Crippen molar-refractivity contribution in [1.82, 2.24) is 19.6 Å². The Morgan fingerprint density at radius 2 is 1.66 bits per heavy atom. The van der Waals surface area contributed by atoms with Crippen LogP contribution in [0.2, 0.25) is 5.02 Å². The third kappa shape index (κ3) is 9.02. The maximum Gasteiger partial charge on any atom is 0.490 e. The van der Waals surface area contributed by atoms with Crippen molar-refractivity contribution in [3.8, 4) is 5.75 Å². The Labute approximate surface area is 272 Å². The lowest BCUT2D eigenvalue weighted by atomic mass is 9.76. The van der Waals surface area contributed by atoms with E-state index in [2.05, 4.69) is 10.3 Å². The van der Waals surface area contributed by atoms with Gasteiger partial charge in [-0.2, -0.15) is 13.2 Å². The molecule has 47 heavy (non-hydrogen) atoms. The lowest BCUT2D eigenvalue weighted by molar-refractivity contribution is -0.192. The average Bonchev–Trinajstić information content (AvgIpc) is 3.27. The van der Waals surface area contributed by atoms with Gasteiger partial charge in [-0.15, -0.1) is 0 Å². The molecule has 258 valence electrons. The summed E-state index contributed by atoms with van der Waals surface area (Å²) in [5, 5.41) is 20.4. The Kier molecular flexibility index (Phi) is 11.7. The molecule has 4 rings (SSSR count). The number of amides is 2. The van der Waals surface area contributed by atoms with Gasteiger partial charge in [0.15, 0.2) is 11.4 Å². The second kappa shape index (κ2) is 14.7. The van der Waals surface area contributed by atoms with Gasteiger partial charge in [0.25, 0.3) is 5.91 Å². The fraction of sp³-hybridized carbons (Fsp3) is 0.484. The average molecular weight is 691 g/mol.